The first kappa shape index (κ1) is 17.4. The second-order valence-corrected chi connectivity index (χ2v) is 6.26. The van der Waals surface area contributed by atoms with Gasteiger partial charge in [0.2, 0.25) is 11.8 Å². The van der Waals surface area contributed by atoms with Gasteiger partial charge in [0.1, 0.15) is 5.75 Å². The van der Waals surface area contributed by atoms with Crippen LogP contribution in [0, 0.1) is 11.8 Å². The van der Waals surface area contributed by atoms with Gasteiger partial charge in [-0.25, -0.2) is 4.79 Å². The highest BCUT2D eigenvalue weighted by Crippen LogP contribution is 2.49. The number of hydrogen-bond acceptors (Lipinski definition) is 7. The molecule has 0 saturated carbocycles. The molecule has 3 N–H and O–H groups in total. The number of aromatic hydroxyl groups is 1. The molecule has 2 fully saturated rings. The zero-order valence-electron chi connectivity index (χ0n) is 13.9. The second kappa shape index (κ2) is 6.12. The average Bonchev–Trinajstić information content (AvgIpc) is 3.10. The van der Waals surface area contributed by atoms with Crippen molar-refractivity contribution < 1.29 is 29.3 Å². The maximum Gasteiger partial charge on any atom is 0.329 e. The Morgan fingerprint density at radius 1 is 1.28 bits per heavy atom. The summed E-state index contributed by atoms with van der Waals surface area (Å²) in [5, 5.41) is 22.4. The fraction of sp³-hybridized carbons (Fsp3) is 0.471. The van der Waals surface area contributed by atoms with Gasteiger partial charge in [-0.15, -0.1) is 0 Å². The smallest absolute Gasteiger partial charge is 0.329 e. The number of hydrogen-bond donors (Lipinski definition) is 3. The van der Waals surface area contributed by atoms with E-state index in [0.717, 1.165) is 4.90 Å². The minimum atomic E-state index is -1.68. The molecule has 0 radical (unpaired) electrons. The van der Waals surface area contributed by atoms with Crippen molar-refractivity contribution in [3.05, 3.63) is 29.8 Å². The molecule has 3 rings (SSSR count). The van der Waals surface area contributed by atoms with Crippen molar-refractivity contribution in [1.29, 1.82) is 0 Å². The van der Waals surface area contributed by atoms with Crippen LogP contribution < -0.4 is 5.32 Å². The fourth-order valence-corrected chi connectivity index (χ4v) is 3.92. The summed E-state index contributed by atoms with van der Waals surface area (Å²) in [4.78, 5) is 39.1. The van der Waals surface area contributed by atoms with E-state index in [2.05, 4.69) is 5.32 Å². The summed E-state index contributed by atoms with van der Waals surface area (Å²) in [5.74, 6) is -3.48. The molecular weight excluding hydrogens is 328 g/mol. The van der Waals surface area contributed by atoms with Crippen LogP contribution in [-0.4, -0.2) is 58.7 Å². The van der Waals surface area contributed by atoms with Crippen LogP contribution in [0.2, 0.25) is 0 Å². The Kier molecular flexibility index (Phi) is 4.26. The molecular formula is C17H20N2O6. The molecule has 2 saturated heterocycles. The predicted octanol–water partition coefficient (Wildman–Crippen LogP) is -0.438. The number of methoxy groups -OCH3 is 1. The minimum Gasteiger partial charge on any atom is -0.508 e. The largest absolute Gasteiger partial charge is 0.508 e. The lowest BCUT2D eigenvalue weighted by Gasteiger charge is -2.30. The van der Waals surface area contributed by atoms with E-state index in [0.29, 0.717) is 5.56 Å². The third-order valence-electron chi connectivity index (χ3n) is 5.11. The number of rotatable bonds is 4. The van der Waals surface area contributed by atoms with Gasteiger partial charge >= 0.3 is 5.97 Å². The summed E-state index contributed by atoms with van der Waals surface area (Å²) in [6.07, 6.45) is 0. The topological polar surface area (TPSA) is 116 Å². The Morgan fingerprint density at radius 3 is 2.44 bits per heavy atom. The molecule has 8 heteroatoms. The van der Waals surface area contributed by atoms with Crippen molar-refractivity contribution in [1.82, 2.24) is 10.2 Å². The van der Waals surface area contributed by atoms with Crippen LogP contribution in [0.5, 0.6) is 5.75 Å². The maximum atomic E-state index is 12.8. The van der Waals surface area contributed by atoms with Gasteiger partial charge < -0.3 is 14.9 Å². The number of imide groups is 1. The summed E-state index contributed by atoms with van der Waals surface area (Å²) in [5.41, 5.74) is -1.05. The summed E-state index contributed by atoms with van der Waals surface area (Å²) in [6, 6.07) is 5.48. The molecule has 0 aromatic heterocycles. The number of ether oxygens (including phenoxy) is 1. The molecule has 134 valence electrons. The molecule has 1 aromatic carbocycles. The maximum absolute atomic E-state index is 12.8. The monoisotopic (exact) mass is 348 g/mol. The number of likely N-dealkylation sites (tertiary alicyclic amines) is 1. The zero-order valence-corrected chi connectivity index (χ0v) is 13.9. The van der Waals surface area contributed by atoms with Crippen LogP contribution in [0.4, 0.5) is 0 Å². The van der Waals surface area contributed by atoms with Crippen molar-refractivity contribution in [2.45, 2.75) is 18.5 Å². The summed E-state index contributed by atoms with van der Waals surface area (Å²) >= 11 is 0. The Bertz CT molecular complexity index is 718. The molecule has 2 heterocycles. The molecule has 0 bridgehead atoms. The van der Waals surface area contributed by atoms with Crippen molar-refractivity contribution in [2.75, 3.05) is 20.3 Å². The lowest BCUT2D eigenvalue weighted by atomic mass is 9.79. The lowest BCUT2D eigenvalue weighted by molar-refractivity contribution is -0.156. The first-order valence-corrected chi connectivity index (χ1v) is 8.02. The Hall–Kier alpha value is -2.45. The van der Waals surface area contributed by atoms with Gasteiger partial charge in [-0.3, -0.25) is 19.8 Å². The van der Waals surface area contributed by atoms with Crippen LogP contribution in [-0.2, 0) is 19.1 Å². The molecule has 4 atom stereocenters. The van der Waals surface area contributed by atoms with E-state index in [4.69, 9.17) is 4.74 Å². The second-order valence-electron chi connectivity index (χ2n) is 6.26. The molecule has 25 heavy (non-hydrogen) atoms. The highest BCUT2D eigenvalue weighted by atomic mass is 16.5. The number of carbonyl (C=O) groups is 3. The quantitative estimate of drug-likeness (QED) is 0.499. The SMILES string of the molecule is CCN1C(=O)[C@H]2[C@@H](C1=O)[C@@](CO)(C(=O)OC)N[C@H]2c1ccc(O)cc1. The van der Waals surface area contributed by atoms with E-state index in [1.165, 1.54) is 19.2 Å². The lowest BCUT2D eigenvalue weighted by Crippen LogP contribution is -2.58. The molecule has 8 nitrogen and oxygen atoms in total. The molecule has 0 unspecified atom stereocenters. The summed E-state index contributed by atoms with van der Waals surface area (Å²) in [7, 11) is 1.17. The van der Waals surface area contributed by atoms with Gasteiger partial charge in [-0.05, 0) is 24.6 Å². The standard InChI is InChI=1S/C17H20N2O6/c1-3-19-14(22)11-12(15(19)23)17(8-20,16(24)25-2)18-13(11)9-4-6-10(21)7-5-9/h4-7,11-13,18,20-21H,3,8H2,1-2H3/t11-,12-,13-,17-/m0/s1. The van der Waals surface area contributed by atoms with Crippen LogP contribution in [0.1, 0.15) is 18.5 Å². The summed E-state index contributed by atoms with van der Waals surface area (Å²) < 4.78 is 4.81. The van der Waals surface area contributed by atoms with Gasteiger partial charge in [0, 0.05) is 12.6 Å². The summed E-state index contributed by atoms with van der Waals surface area (Å²) in [6.45, 7) is 1.19. The number of carbonyl (C=O) groups excluding carboxylic acids is 3. The normalized spacial score (nSPS) is 31.3. The van der Waals surface area contributed by atoms with Crippen LogP contribution >= 0.6 is 0 Å². The minimum absolute atomic E-state index is 0.0590. The van der Waals surface area contributed by atoms with Crippen molar-refractivity contribution in [3.63, 3.8) is 0 Å². The first-order valence-electron chi connectivity index (χ1n) is 8.02. The number of aliphatic hydroxyl groups excluding tert-OH is 1. The number of nitrogens with zero attached hydrogens (tertiary/aromatic N) is 1. The third kappa shape index (κ3) is 2.32. The van der Waals surface area contributed by atoms with E-state index < -0.39 is 41.9 Å². The number of amides is 2. The van der Waals surface area contributed by atoms with Crippen LogP contribution in [0.25, 0.3) is 0 Å². The van der Waals surface area contributed by atoms with E-state index in [1.54, 1.807) is 19.1 Å². The molecule has 2 aliphatic heterocycles. The molecule has 1 aromatic rings. The number of benzene rings is 1. The number of phenolic OH excluding ortho intramolecular Hbond substituents is 1. The Morgan fingerprint density at radius 2 is 1.92 bits per heavy atom. The third-order valence-corrected chi connectivity index (χ3v) is 5.11. The molecule has 2 amide bonds. The Balaban J connectivity index is 2.13. The van der Waals surface area contributed by atoms with Gasteiger partial charge in [0.05, 0.1) is 25.6 Å². The van der Waals surface area contributed by atoms with Crippen LogP contribution in [0.3, 0.4) is 0 Å². The van der Waals surface area contributed by atoms with Gasteiger partial charge in [0.25, 0.3) is 0 Å². The van der Waals surface area contributed by atoms with E-state index in [-0.39, 0.29) is 18.2 Å². The first-order chi connectivity index (χ1) is 11.9. The molecule has 2 aliphatic rings. The number of fused-ring (bicyclic) bond motifs is 1. The zero-order chi connectivity index (χ0) is 18.4. The van der Waals surface area contributed by atoms with Crippen molar-refractivity contribution >= 4 is 17.8 Å². The number of phenols is 1. The van der Waals surface area contributed by atoms with E-state index in [9.17, 15) is 24.6 Å². The number of nitrogens with one attached hydrogen (secondary N) is 1. The number of esters is 1. The van der Waals surface area contributed by atoms with Crippen molar-refractivity contribution in [3.8, 4) is 5.75 Å². The van der Waals surface area contributed by atoms with Gasteiger partial charge in [-0.1, -0.05) is 12.1 Å². The van der Waals surface area contributed by atoms with E-state index >= 15 is 0 Å². The van der Waals surface area contributed by atoms with Gasteiger partial charge in [-0.2, -0.15) is 0 Å². The molecule has 0 aliphatic carbocycles. The van der Waals surface area contributed by atoms with Gasteiger partial charge in [0.15, 0.2) is 5.54 Å². The fourth-order valence-electron chi connectivity index (χ4n) is 3.92. The van der Waals surface area contributed by atoms with Crippen LogP contribution in [0.15, 0.2) is 24.3 Å². The highest BCUT2D eigenvalue weighted by molar-refractivity contribution is 6.09. The molecule has 0 spiro atoms. The van der Waals surface area contributed by atoms with E-state index in [1.807, 2.05) is 0 Å². The highest BCUT2D eigenvalue weighted by Gasteiger charge is 2.68. The number of aliphatic hydroxyl groups is 1. The van der Waals surface area contributed by atoms with Crippen molar-refractivity contribution in [2.24, 2.45) is 11.8 Å². The Labute approximate surface area is 144 Å². The predicted molar refractivity (Wildman–Crippen MR) is 85.2 cm³/mol. The average molecular weight is 348 g/mol.